The second-order valence-corrected chi connectivity index (χ2v) is 6.22. The predicted molar refractivity (Wildman–Crippen MR) is 95.9 cm³/mol. The first kappa shape index (κ1) is 15.4. The van der Waals surface area contributed by atoms with Crippen molar-refractivity contribution < 1.29 is 9.21 Å². The molecule has 1 aliphatic heterocycles. The van der Waals surface area contributed by atoms with Crippen molar-refractivity contribution in [3.63, 3.8) is 0 Å². The molecule has 2 aromatic heterocycles. The number of hydrogen-bond acceptors (Lipinski definition) is 4. The zero-order valence-corrected chi connectivity index (χ0v) is 14.0. The van der Waals surface area contributed by atoms with Crippen molar-refractivity contribution in [3.8, 4) is 0 Å². The molecule has 1 unspecified atom stereocenters. The molecule has 0 fully saturated rings. The SMILES string of the molecule is CC1Cc2ccccc2N1c1ccc(C(=O)NCc2ccco2)nc1. The van der Waals surface area contributed by atoms with Crippen LogP contribution in [0.15, 0.2) is 65.4 Å². The van der Waals surface area contributed by atoms with Gasteiger partial charge in [-0.05, 0) is 49.2 Å². The Kier molecular flexibility index (Phi) is 3.98. The van der Waals surface area contributed by atoms with E-state index < -0.39 is 0 Å². The van der Waals surface area contributed by atoms with Crippen LogP contribution in [0.25, 0.3) is 0 Å². The summed E-state index contributed by atoms with van der Waals surface area (Å²) in [6.45, 7) is 2.55. The van der Waals surface area contributed by atoms with E-state index in [9.17, 15) is 4.79 Å². The zero-order valence-electron chi connectivity index (χ0n) is 14.0. The van der Waals surface area contributed by atoms with Crippen LogP contribution in [0.3, 0.4) is 0 Å². The number of benzene rings is 1. The van der Waals surface area contributed by atoms with E-state index in [1.54, 1.807) is 24.6 Å². The Hall–Kier alpha value is -3.08. The van der Waals surface area contributed by atoms with Crippen LogP contribution < -0.4 is 10.2 Å². The number of hydrogen-bond donors (Lipinski definition) is 1. The average Bonchev–Trinajstić information content (AvgIpc) is 3.26. The number of rotatable bonds is 4. The highest BCUT2D eigenvalue weighted by Crippen LogP contribution is 2.37. The summed E-state index contributed by atoms with van der Waals surface area (Å²) in [5.41, 5.74) is 3.96. The van der Waals surface area contributed by atoms with Gasteiger partial charge < -0.3 is 14.6 Å². The third-order valence-electron chi connectivity index (χ3n) is 4.47. The summed E-state index contributed by atoms with van der Waals surface area (Å²) in [5, 5.41) is 2.81. The summed E-state index contributed by atoms with van der Waals surface area (Å²) in [6.07, 6.45) is 4.37. The van der Waals surface area contributed by atoms with Gasteiger partial charge in [-0.15, -0.1) is 0 Å². The first-order valence-electron chi connectivity index (χ1n) is 8.36. The molecule has 1 amide bonds. The first-order valence-corrected chi connectivity index (χ1v) is 8.36. The molecule has 5 nitrogen and oxygen atoms in total. The van der Waals surface area contributed by atoms with E-state index in [1.165, 1.54) is 11.3 Å². The topological polar surface area (TPSA) is 58.4 Å². The number of aromatic nitrogens is 1. The van der Waals surface area contributed by atoms with Gasteiger partial charge in [0.1, 0.15) is 11.5 Å². The Bertz CT molecular complexity index is 872. The molecule has 0 saturated heterocycles. The van der Waals surface area contributed by atoms with Gasteiger partial charge in [0.25, 0.3) is 5.91 Å². The molecule has 126 valence electrons. The summed E-state index contributed by atoms with van der Waals surface area (Å²) >= 11 is 0. The summed E-state index contributed by atoms with van der Waals surface area (Å²) in [7, 11) is 0. The molecule has 25 heavy (non-hydrogen) atoms. The highest BCUT2D eigenvalue weighted by Gasteiger charge is 2.27. The standard InChI is InChI=1S/C20H19N3O2/c1-14-11-15-5-2-3-7-19(15)23(14)16-8-9-18(21-12-16)20(24)22-13-17-6-4-10-25-17/h2-10,12,14H,11,13H2,1H3,(H,22,24). The zero-order chi connectivity index (χ0) is 17.2. The van der Waals surface area contributed by atoms with Gasteiger partial charge in [-0.3, -0.25) is 4.79 Å². The molecule has 0 aliphatic carbocycles. The number of fused-ring (bicyclic) bond motifs is 1. The maximum Gasteiger partial charge on any atom is 0.270 e. The summed E-state index contributed by atoms with van der Waals surface area (Å²) in [5.74, 6) is 0.505. The van der Waals surface area contributed by atoms with Crippen LogP contribution in [-0.4, -0.2) is 16.9 Å². The quantitative estimate of drug-likeness (QED) is 0.791. The molecule has 1 atom stereocenters. The Balaban J connectivity index is 1.49. The Morgan fingerprint density at radius 1 is 1.24 bits per heavy atom. The van der Waals surface area contributed by atoms with Crippen LogP contribution >= 0.6 is 0 Å². The van der Waals surface area contributed by atoms with Crippen LogP contribution in [-0.2, 0) is 13.0 Å². The highest BCUT2D eigenvalue weighted by atomic mass is 16.3. The van der Waals surface area contributed by atoms with E-state index in [0.29, 0.717) is 24.0 Å². The van der Waals surface area contributed by atoms with E-state index in [2.05, 4.69) is 40.3 Å². The molecule has 0 bridgehead atoms. The number of anilines is 2. The molecule has 0 saturated carbocycles. The summed E-state index contributed by atoms with van der Waals surface area (Å²) < 4.78 is 5.21. The van der Waals surface area contributed by atoms with Gasteiger partial charge in [0.15, 0.2) is 0 Å². The van der Waals surface area contributed by atoms with Gasteiger partial charge in [-0.2, -0.15) is 0 Å². The highest BCUT2D eigenvalue weighted by molar-refractivity contribution is 5.92. The van der Waals surface area contributed by atoms with Crippen molar-refractivity contribution in [2.75, 3.05) is 4.90 Å². The normalized spacial score (nSPS) is 15.9. The number of carbonyl (C=O) groups is 1. The van der Waals surface area contributed by atoms with Crippen molar-refractivity contribution in [2.45, 2.75) is 25.9 Å². The van der Waals surface area contributed by atoms with Crippen molar-refractivity contribution in [2.24, 2.45) is 0 Å². The third kappa shape index (κ3) is 3.01. The number of nitrogens with zero attached hydrogens (tertiary/aromatic N) is 2. The monoisotopic (exact) mass is 333 g/mol. The van der Waals surface area contributed by atoms with Gasteiger partial charge in [-0.25, -0.2) is 4.98 Å². The smallest absolute Gasteiger partial charge is 0.270 e. The molecule has 5 heteroatoms. The number of pyridine rings is 1. The molecule has 1 aromatic carbocycles. The van der Waals surface area contributed by atoms with E-state index in [0.717, 1.165) is 12.1 Å². The summed E-state index contributed by atoms with van der Waals surface area (Å²) in [6, 6.07) is 16.1. The molecular formula is C20H19N3O2. The van der Waals surface area contributed by atoms with E-state index in [-0.39, 0.29) is 5.91 Å². The van der Waals surface area contributed by atoms with Gasteiger partial charge in [0, 0.05) is 11.7 Å². The van der Waals surface area contributed by atoms with Crippen LogP contribution in [0.1, 0.15) is 28.7 Å². The van der Waals surface area contributed by atoms with Gasteiger partial charge in [0.05, 0.1) is 24.7 Å². The molecule has 0 spiro atoms. The molecular weight excluding hydrogens is 314 g/mol. The van der Waals surface area contributed by atoms with Crippen molar-refractivity contribution in [1.29, 1.82) is 0 Å². The number of para-hydroxylation sites is 1. The van der Waals surface area contributed by atoms with Crippen molar-refractivity contribution in [3.05, 3.63) is 78.0 Å². The average molecular weight is 333 g/mol. The van der Waals surface area contributed by atoms with Crippen molar-refractivity contribution >= 4 is 17.3 Å². The minimum Gasteiger partial charge on any atom is -0.467 e. The molecule has 3 aromatic rings. The number of carbonyl (C=O) groups excluding carboxylic acids is 1. The molecule has 0 radical (unpaired) electrons. The van der Waals surface area contributed by atoms with E-state index in [4.69, 9.17) is 4.42 Å². The Labute approximate surface area is 146 Å². The second-order valence-electron chi connectivity index (χ2n) is 6.22. The molecule has 4 rings (SSSR count). The fourth-order valence-corrected chi connectivity index (χ4v) is 3.29. The lowest BCUT2D eigenvalue weighted by atomic mass is 10.1. The first-order chi connectivity index (χ1) is 12.2. The lowest BCUT2D eigenvalue weighted by Gasteiger charge is -2.24. The van der Waals surface area contributed by atoms with E-state index in [1.807, 2.05) is 18.2 Å². The minimum atomic E-state index is -0.210. The second kappa shape index (κ2) is 6.43. The minimum absolute atomic E-state index is 0.210. The Morgan fingerprint density at radius 2 is 2.12 bits per heavy atom. The molecule has 3 heterocycles. The van der Waals surface area contributed by atoms with Crippen LogP contribution in [0.4, 0.5) is 11.4 Å². The maximum atomic E-state index is 12.2. The number of nitrogens with one attached hydrogen (secondary N) is 1. The molecule has 1 aliphatic rings. The lowest BCUT2D eigenvalue weighted by Crippen LogP contribution is -2.25. The van der Waals surface area contributed by atoms with Gasteiger partial charge >= 0.3 is 0 Å². The fraction of sp³-hybridized carbons (Fsp3) is 0.200. The maximum absolute atomic E-state index is 12.2. The van der Waals surface area contributed by atoms with Gasteiger partial charge in [-0.1, -0.05) is 18.2 Å². The fourth-order valence-electron chi connectivity index (χ4n) is 3.29. The summed E-state index contributed by atoms with van der Waals surface area (Å²) in [4.78, 5) is 18.8. The Morgan fingerprint density at radius 3 is 2.88 bits per heavy atom. The van der Waals surface area contributed by atoms with Crippen LogP contribution in [0.5, 0.6) is 0 Å². The number of furan rings is 1. The number of amides is 1. The van der Waals surface area contributed by atoms with E-state index >= 15 is 0 Å². The van der Waals surface area contributed by atoms with Crippen molar-refractivity contribution in [1.82, 2.24) is 10.3 Å². The lowest BCUT2D eigenvalue weighted by molar-refractivity contribution is 0.0943. The largest absolute Gasteiger partial charge is 0.467 e. The van der Waals surface area contributed by atoms with Gasteiger partial charge in [0.2, 0.25) is 0 Å². The molecule has 1 N–H and O–H groups in total. The predicted octanol–water partition coefficient (Wildman–Crippen LogP) is 3.69. The van der Waals surface area contributed by atoms with Crippen LogP contribution in [0, 0.1) is 0 Å². The van der Waals surface area contributed by atoms with Crippen LogP contribution in [0.2, 0.25) is 0 Å². The third-order valence-corrected chi connectivity index (χ3v) is 4.47.